The molecule has 0 saturated carbocycles. The van der Waals surface area contributed by atoms with Crippen LogP contribution in [0.3, 0.4) is 0 Å². The molecule has 3 heterocycles. The number of nitrogens with zero attached hydrogens (tertiary/aromatic N) is 3. The molecule has 160 valence electrons. The van der Waals surface area contributed by atoms with Crippen molar-refractivity contribution in [1.82, 2.24) is 14.2 Å². The fourth-order valence-electron chi connectivity index (χ4n) is 2.95. The summed E-state index contributed by atoms with van der Waals surface area (Å²) >= 11 is 0. The van der Waals surface area contributed by atoms with Gasteiger partial charge in [-0.25, -0.2) is 18.2 Å². The van der Waals surface area contributed by atoms with Crippen LogP contribution >= 0.6 is 0 Å². The Labute approximate surface area is 170 Å². The normalized spacial score (nSPS) is 16.8. The zero-order valence-corrected chi connectivity index (χ0v) is 18.0. The minimum Gasteiger partial charge on any atom is -0.460 e. The van der Waals surface area contributed by atoms with Crippen molar-refractivity contribution < 1.29 is 26.8 Å². The molecule has 0 aromatic carbocycles. The second-order valence-corrected chi connectivity index (χ2v) is 9.76. The molecule has 2 aromatic heterocycles. The predicted octanol–water partition coefficient (Wildman–Crippen LogP) is 2.25. The first-order chi connectivity index (χ1) is 13.6. The molecule has 1 saturated heterocycles. The maximum Gasteiger partial charge on any atom is 0.374 e. The second kappa shape index (κ2) is 8.29. The number of carbonyl (C=O) groups excluding carboxylic acids is 1. The van der Waals surface area contributed by atoms with Gasteiger partial charge in [0.05, 0.1) is 19.3 Å². The zero-order chi connectivity index (χ0) is 21.2. The molecular weight excluding hydrogens is 398 g/mol. The highest BCUT2D eigenvalue weighted by atomic mass is 32.2. The molecule has 3 rings (SSSR count). The zero-order valence-electron chi connectivity index (χ0n) is 17.2. The van der Waals surface area contributed by atoms with Gasteiger partial charge >= 0.3 is 5.97 Å². The summed E-state index contributed by atoms with van der Waals surface area (Å²) in [5.41, 5.74) is -0.108. The molecule has 1 aliphatic heterocycles. The summed E-state index contributed by atoms with van der Waals surface area (Å²) in [6.45, 7) is 10.3. The average molecular weight is 426 g/mol. The van der Waals surface area contributed by atoms with Gasteiger partial charge in [-0.05, 0) is 19.1 Å². The number of carbonyl (C=O) groups is 1. The van der Waals surface area contributed by atoms with Crippen LogP contribution in [0.25, 0.3) is 0 Å². The summed E-state index contributed by atoms with van der Waals surface area (Å²) in [6, 6.07) is 2.60. The van der Waals surface area contributed by atoms with E-state index in [9.17, 15) is 13.2 Å². The number of rotatable bonds is 6. The van der Waals surface area contributed by atoms with Gasteiger partial charge in [0.1, 0.15) is 5.76 Å². The number of esters is 1. The summed E-state index contributed by atoms with van der Waals surface area (Å²) in [5, 5.41) is -0.253. The standard InChI is InChI=1S/C19H27N3O6S/c1-5-26-18(23)14-6-7-17(27-14)29(24,25)22-10-8-21(9-11-22)13-16-20-12-15(28-16)19(2,3)4/h6-7,12H,5,8-11,13H2,1-4H3. The fraction of sp³-hybridized carbons (Fsp3) is 0.579. The third-order valence-corrected chi connectivity index (χ3v) is 6.41. The first-order valence-electron chi connectivity index (χ1n) is 9.56. The monoisotopic (exact) mass is 425 g/mol. The lowest BCUT2D eigenvalue weighted by Crippen LogP contribution is -2.48. The summed E-state index contributed by atoms with van der Waals surface area (Å²) in [6.07, 6.45) is 1.74. The number of hydrogen-bond acceptors (Lipinski definition) is 8. The van der Waals surface area contributed by atoms with Crippen molar-refractivity contribution in [2.75, 3.05) is 32.8 Å². The van der Waals surface area contributed by atoms with E-state index >= 15 is 0 Å². The molecule has 0 bridgehead atoms. The summed E-state index contributed by atoms with van der Waals surface area (Å²) in [7, 11) is -3.81. The lowest BCUT2D eigenvalue weighted by molar-refractivity contribution is 0.0483. The van der Waals surface area contributed by atoms with E-state index in [0.29, 0.717) is 38.6 Å². The van der Waals surface area contributed by atoms with Crippen molar-refractivity contribution in [3.63, 3.8) is 0 Å². The minimum atomic E-state index is -3.81. The van der Waals surface area contributed by atoms with Crippen LogP contribution in [0.1, 0.15) is 49.9 Å². The third kappa shape index (κ3) is 4.88. The number of piperazine rings is 1. The quantitative estimate of drug-likeness (QED) is 0.649. The minimum absolute atomic E-state index is 0.108. The van der Waals surface area contributed by atoms with Gasteiger partial charge in [-0.15, -0.1) is 0 Å². The smallest absolute Gasteiger partial charge is 0.374 e. The number of oxazole rings is 1. The third-order valence-electron chi connectivity index (χ3n) is 4.64. The van der Waals surface area contributed by atoms with Gasteiger partial charge in [0.25, 0.3) is 10.0 Å². The van der Waals surface area contributed by atoms with E-state index in [1.54, 1.807) is 13.1 Å². The van der Waals surface area contributed by atoms with Gasteiger partial charge in [-0.1, -0.05) is 20.8 Å². The van der Waals surface area contributed by atoms with Crippen LogP contribution in [-0.2, 0) is 26.7 Å². The Morgan fingerprint density at radius 1 is 1.17 bits per heavy atom. The van der Waals surface area contributed by atoms with Gasteiger partial charge < -0.3 is 13.6 Å². The molecular formula is C19H27N3O6S. The fourth-order valence-corrected chi connectivity index (χ4v) is 4.28. The van der Waals surface area contributed by atoms with Crippen molar-refractivity contribution in [1.29, 1.82) is 0 Å². The highest BCUT2D eigenvalue weighted by Gasteiger charge is 2.32. The van der Waals surface area contributed by atoms with Gasteiger partial charge in [0, 0.05) is 31.6 Å². The number of ether oxygens (including phenoxy) is 1. The van der Waals surface area contributed by atoms with Crippen molar-refractivity contribution in [3.05, 3.63) is 35.7 Å². The first-order valence-corrected chi connectivity index (χ1v) is 11.0. The Morgan fingerprint density at radius 2 is 1.86 bits per heavy atom. The lowest BCUT2D eigenvalue weighted by Gasteiger charge is -2.32. The van der Waals surface area contributed by atoms with Crippen LogP contribution in [0.2, 0.25) is 0 Å². The van der Waals surface area contributed by atoms with Crippen molar-refractivity contribution in [3.8, 4) is 0 Å². The second-order valence-electron chi connectivity index (χ2n) is 7.89. The molecule has 9 nitrogen and oxygen atoms in total. The number of sulfonamides is 1. The van der Waals surface area contributed by atoms with Gasteiger partial charge in [0.2, 0.25) is 16.7 Å². The van der Waals surface area contributed by atoms with E-state index in [4.69, 9.17) is 13.6 Å². The Balaban J connectivity index is 1.60. The van der Waals surface area contributed by atoms with Crippen molar-refractivity contribution in [2.24, 2.45) is 0 Å². The summed E-state index contributed by atoms with van der Waals surface area (Å²) in [4.78, 5) is 18.1. The highest BCUT2D eigenvalue weighted by Crippen LogP contribution is 2.24. The molecule has 29 heavy (non-hydrogen) atoms. The average Bonchev–Trinajstić information content (AvgIpc) is 3.32. The Hall–Kier alpha value is -2.17. The van der Waals surface area contributed by atoms with Gasteiger partial charge in [-0.3, -0.25) is 4.90 Å². The Kier molecular flexibility index (Phi) is 6.16. The molecule has 0 spiro atoms. The maximum absolute atomic E-state index is 12.8. The molecule has 2 aromatic rings. The van der Waals surface area contributed by atoms with E-state index in [0.717, 1.165) is 5.76 Å². The van der Waals surface area contributed by atoms with Crippen LogP contribution < -0.4 is 0 Å². The van der Waals surface area contributed by atoms with Crippen LogP contribution in [-0.4, -0.2) is 61.4 Å². The highest BCUT2D eigenvalue weighted by molar-refractivity contribution is 7.89. The molecule has 0 N–H and O–H groups in total. The van der Waals surface area contributed by atoms with Gasteiger partial charge in [0.15, 0.2) is 0 Å². The van der Waals surface area contributed by atoms with Crippen LogP contribution in [0.4, 0.5) is 0 Å². The first kappa shape index (κ1) is 21.5. The Bertz CT molecular complexity index is 949. The molecule has 0 unspecified atom stereocenters. The van der Waals surface area contributed by atoms with Crippen LogP contribution in [0, 0.1) is 0 Å². The van der Waals surface area contributed by atoms with E-state index in [1.807, 2.05) is 0 Å². The SMILES string of the molecule is CCOC(=O)c1ccc(S(=O)(=O)N2CCN(Cc3ncc(C(C)(C)C)o3)CC2)o1. The molecule has 1 aliphatic rings. The summed E-state index contributed by atoms with van der Waals surface area (Å²) < 4.78 is 42.8. The molecule has 10 heteroatoms. The molecule has 1 fully saturated rings. The number of hydrogen-bond donors (Lipinski definition) is 0. The van der Waals surface area contributed by atoms with E-state index in [2.05, 4.69) is 30.7 Å². The predicted molar refractivity (Wildman–Crippen MR) is 104 cm³/mol. The summed E-state index contributed by atoms with van der Waals surface area (Å²) in [5.74, 6) is 0.641. The molecule has 0 radical (unpaired) electrons. The van der Waals surface area contributed by atoms with Crippen molar-refractivity contribution in [2.45, 2.75) is 44.7 Å². The number of furan rings is 1. The van der Waals surface area contributed by atoms with Gasteiger partial charge in [-0.2, -0.15) is 4.31 Å². The van der Waals surface area contributed by atoms with E-state index in [-0.39, 0.29) is 22.9 Å². The molecule has 0 aliphatic carbocycles. The largest absolute Gasteiger partial charge is 0.460 e. The van der Waals surface area contributed by atoms with E-state index in [1.165, 1.54) is 16.4 Å². The van der Waals surface area contributed by atoms with E-state index < -0.39 is 16.0 Å². The Morgan fingerprint density at radius 3 is 2.45 bits per heavy atom. The molecule has 0 atom stereocenters. The topological polar surface area (TPSA) is 106 Å². The van der Waals surface area contributed by atoms with Crippen LogP contribution in [0.5, 0.6) is 0 Å². The van der Waals surface area contributed by atoms with Crippen LogP contribution in [0.15, 0.2) is 32.3 Å². The lowest BCUT2D eigenvalue weighted by atomic mass is 9.94. The molecule has 0 amide bonds. The maximum atomic E-state index is 12.8. The van der Waals surface area contributed by atoms with Crippen molar-refractivity contribution >= 4 is 16.0 Å². The number of aromatic nitrogens is 1.